The van der Waals surface area contributed by atoms with Gasteiger partial charge in [-0.3, -0.25) is 0 Å². The zero-order valence-electron chi connectivity index (χ0n) is 21.9. The summed E-state index contributed by atoms with van der Waals surface area (Å²) in [4.78, 5) is 12.0. The Labute approximate surface area is 227 Å². The molecular weight excluding hydrogens is 498 g/mol. The summed E-state index contributed by atoms with van der Waals surface area (Å²) >= 11 is 1.53. The van der Waals surface area contributed by atoms with Gasteiger partial charge in [-0.1, -0.05) is 17.4 Å². The van der Waals surface area contributed by atoms with Gasteiger partial charge in [0.1, 0.15) is 5.75 Å². The fourth-order valence-corrected chi connectivity index (χ4v) is 9.09. The summed E-state index contributed by atoms with van der Waals surface area (Å²) in [7, 11) is 1.65. The maximum atomic E-state index is 11.1. The molecule has 3 aromatic rings. The first-order valence-electron chi connectivity index (χ1n) is 13.9. The van der Waals surface area contributed by atoms with Gasteiger partial charge in [0, 0.05) is 36.8 Å². The first-order valence-corrected chi connectivity index (χ1v) is 14.7. The van der Waals surface area contributed by atoms with Gasteiger partial charge in [-0.25, -0.2) is 4.98 Å². The summed E-state index contributed by atoms with van der Waals surface area (Å²) in [5.74, 6) is 3.49. The number of methoxy groups -OCH3 is 1. The predicted molar refractivity (Wildman–Crippen MR) is 147 cm³/mol. The Balaban J connectivity index is 1.21. The smallest absolute Gasteiger partial charge is 0.227 e. The number of hydrogen-bond acceptors (Lipinski definition) is 8. The van der Waals surface area contributed by atoms with Crippen molar-refractivity contribution in [3.8, 4) is 28.6 Å². The number of benzene rings is 1. The van der Waals surface area contributed by atoms with Crippen LogP contribution in [-0.4, -0.2) is 53.6 Å². The Morgan fingerprint density at radius 3 is 2.45 bits per heavy atom. The van der Waals surface area contributed by atoms with Gasteiger partial charge in [0.2, 0.25) is 11.8 Å². The van der Waals surface area contributed by atoms with Crippen LogP contribution in [0.5, 0.6) is 17.5 Å². The molecule has 2 N–H and O–H groups in total. The highest BCUT2D eigenvalue weighted by Gasteiger charge is 2.52. The third kappa shape index (κ3) is 4.22. The third-order valence-corrected chi connectivity index (χ3v) is 10.4. The van der Waals surface area contributed by atoms with E-state index in [-0.39, 0.29) is 11.3 Å². The minimum atomic E-state index is 0.0857. The zero-order valence-corrected chi connectivity index (χ0v) is 22.7. The lowest BCUT2D eigenvalue weighted by atomic mass is 9.48. The number of aromatic hydroxyl groups is 2. The first-order chi connectivity index (χ1) is 18.5. The lowest BCUT2D eigenvalue weighted by Gasteiger charge is -2.57. The Hall–Kier alpha value is -2.84. The van der Waals surface area contributed by atoms with Crippen LogP contribution >= 0.6 is 11.3 Å². The largest absolute Gasteiger partial charge is 0.508 e. The van der Waals surface area contributed by atoms with E-state index in [0.29, 0.717) is 31.3 Å². The van der Waals surface area contributed by atoms with Crippen LogP contribution in [0.25, 0.3) is 11.1 Å². The van der Waals surface area contributed by atoms with Crippen molar-refractivity contribution in [3.63, 3.8) is 0 Å². The normalized spacial score (nSPS) is 28.1. The molecule has 4 aliphatic carbocycles. The van der Waals surface area contributed by atoms with Gasteiger partial charge in [-0.2, -0.15) is 4.98 Å². The highest BCUT2D eigenvalue weighted by Crippen LogP contribution is 2.62. The summed E-state index contributed by atoms with van der Waals surface area (Å²) in [6, 6.07) is 8.14. The molecule has 5 fully saturated rings. The SMILES string of the molecule is COc1ncc(Cc2sc(N3CCOCC3)nc2O)cc1-c1ccc(O)c(C23CC4CC(CC(C4)C2)C3)c1. The molecule has 4 bridgehead atoms. The molecule has 4 saturated carbocycles. The van der Waals surface area contributed by atoms with Gasteiger partial charge >= 0.3 is 0 Å². The third-order valence-electron chi connectivity index (χ3n) is 9.33. The molecule has 8 heteroatoms. The number of phenolic OH excluding ortho intramolecular Hbond substituents is 1. The quantitative estimate of drug-likeness (QED) is 0.431. The van der Waals surface area contributed by atoms with Crippen molar-refractivity contribution in [2.24, 2.45) is 17.8 Å². The van der Waals surface area contributed by atoms with E-state index in [1.807, 2.05) is 18.3 Å². The van der Waals surface area contributed by atoms with Crippen LogP contribution in [0.2, 0.25) is 0 Å². The Morgan fingerprint density at radius 2 is 1.76 bits per heavy atom. The predicted octanol–water partition coefficient (Wildman–Crippen LogP) is 5.52. The van der Waals surface area contributed by atoms with Crippen LogP contribution in [0.3, 0.4) is 0 Å². The van der Waals surface area contributed by atoms with Crippen LogP contribution in [-0.2, 0) is 16.6 Å². The summed E-state index contributed by atoms with van der Waals surface area (Å²) in [6.07, 6.45) is 10.1. The van der Waals surface area contributed by atoms with Gasteiger partial charge in [-0.15, -0.1) is 0 Å². The van der Waals surface area contributed by atoms with Gasteiger partial charge in [-0.05, 0) is 91.0 Å². The van der Waals surface area contributed by atoms with Crippen LogP contribution in [0, 0.1) is 17.8 Å². The van der Waals surface area contributed by atoms with Crippen molar-refractivity contribution in [1.29, 1.82) is 0 Å². The van der Waals surface area contributed by atoms with Crippen LogP contribution in [0.15, 0.2) is 30.5 Å². The molecule has 5 aliphatic rings. The molecule has 0 amide bonds. The fourth-order valence-electron chi connectivity index (χ4n) is 8.05. The summed E-state index contributed by atoms with van der Waals surface area (Å²) in [5.41, 5.74) is 4.11. The number of hydrogen-bond donors (Lipinski definition) is 2. The van der Waals surface area contributed by atoms with E-state index < -0.39 is 0 Å². The second kappa shape index (κ2) is 9.42. The number of ether oxygens (including phenoxy) is 2. The van der Waals surface area contributed by atoms with Crippen molar-refractivity contribution in [3.05, 3.63) is 46.5 Å². The molecule has 2 aromatic heterocycles. The van der Waals surface area contributed by atoms with E-state index >= 15 is 0 Å². The van der Waals surface area contributed by atoms with Gasteiger partial charge in [0.25, 0.3) is 0 Å². The molecular formula is C30H35N3O4S. The number of phenols is 1. The van der Waals surface area contributed by atoms with E-state index in [4.69, 9.17) is 9.47 Å². The molecule has 0 atom stereocenters. The average molecular weight is 534 g/mol. The second-order valence-corrected chi connectivity index (χ2v) is 12.9. The molecule has 200 valence electrons. The lowest BCUT2D eigenvalue weighted by Crippen LogP contribution is -2.48. The second-order valence-electron chi connectivity index (χ2n) is 11.8. The Bertz CT molecular complexity index is 1310. The number of aromatic nitrogens is 2. The minimum absolute atomic E-state index is 0.0857. The highest BCUT2D eigenvalue weighted by atomic mass is 32.1. The van der Waals surface area contributed by atoms with Crippen molar-refractivity contribution in [2.45, 2.75) is 50.4 Å². The Kier molecular flexibility index (Phi) is 6.00. The molecule has 3 heterocycles. The monoisotopic (exact) mass is 533 g/mol. The maximum absolute atomic E-state index is 11.1. The molecule has 1 saturated heterocycles. The number of rotatable bonds is 6. The molecule has 0 unspecified atom stereocenters. The van der Waals surface area contributed by atoms with E-state index in [0.717, 1.165) is 63.1 Å². The van der Waals surface area contributed by atoms with Gasteiger partial charge in [0.05, 0.1) is 25.2 Å². The molecule has 0 radical (unpaired) electrons. The summed E-state index contributed by atoms with van der Waals surface area (Å²) in [5, 5.41) is 22.5. The fraction of sp³-hybridized carbons (Fsp3) is 0.533. The van der Waals surface area contributed by atoms with Crippen molar-refractivity contribution in [1.82, 2.24) is 9.97 Å². The number of pyridine rings is 1. The summed E-state index contributed by atoms with van der Waals surface area (Å²) in [6.45, 7) is 2.93. The molecule has 8 rings (SSSR count). The van der Waals surface area contributed by atoms with Gasteiger partial charge in [0.15, 0.2) is 5.13 Å². The van der Waals surface area contributed by atoms with E-state index in [9.17, 15) is 10.2 Å². The van der Waals surface area contributed by atoms with E-state index in [2.05, 4.69) is 27.0 Å². The molecule has 38 heavy (non-hydrogen) atoms. The highest BCUT2D eigenvalue weighted by molar-refractivity contribution is 7.15. The van der Waals surface area contributed by atoms with Crippen molar-refractivity contribution >= 4 is 16.5 Å². The molecule has 0 spiro atoms. The first kappa shape index (κ1) is 24.2. The van der Waals surface area contributed by atoms with Gasteiger partial charge < -0.3 is 24.6 Å². The van der Waals surface area contributed by atoms with Crippen LogP contribution in [0.4, 0.5) is 5.13 Å². The lowest BCUT2D eigenvalue weighted by molar-refractivity contribution is -0.00611. The minimum Gasteiger partial charge on any atom is -0.508 e. The summed E-state index contributed by atoms with van der Waals surface area (Å²) < 4.78 is 11.1. The Morgan fingerprint density at radius 1 is 1.05 bits per heavy atom. The van der Waals surface area contributed by atoms with Crippen molar-refractivity contribution < 1.29 is 19.7 Å². The maximum Gasteiger partial charge on any atom is 0.227 e. The molecule has 1 aliphatic heterocycles. The molecule has 1 aromatic carbocycles. The number of thiazole rings is 1. The number of morpholine rings is 1. The van der Waals surface area contributed by atoms with Crippen LogP contribution < -0.4 is 9.64 Å². The van der Waals surface area contributed by atoms with Crippen molar-refractivity contribution in [2.75, 3.05) is 38.3 Å². The number of anilines is 1. The van der Waals surface area contributed by atoms with E-state index in [1.165, 1.54) is 49.9 Å². The zero-order chi connectivity index (χ0) is 25.9. The topological polar surface area (TPSA) is 87.9 Å². The van der Waals surface area contributed by atoms with Crippen LogP contribution in [0.1, 0.15) is 54.5 Å². The van der Waals surface area contributed by atoms with E-state index in [1.54, 1.807) is 7.11 Å². The standard InChI is InChI=1S/C30H35N3O4S/c1-36-28-23(11-21(17-31-28)12-26-27(35)32-29(38-26)33-4-6-37-7-5-33)22-2-3-25(34)24(13-22)30-14-18-8-19(15-30)10-20(9-18)16-30/h2-3,11,13,17-20,34-35H,4-10,12,14-16H2,1H3. The number of nitrogens with zero attached hydrogens (tertiary/aromatic N) is 3. The molecule has 7 nitrogen and oxygen atoms in total. The average Bonchev–Trinajstić information content (AvgIpc) is 3.28.